The standard InChI is InChI=1S/C33H32FN5O2/c1-20-24(22-16-28(34)27(31(17-22)40-3)18-38-23-11-15-41-19-23)6-4-7-25(20)26-8-5-9-29(21(26)2)39-33-32-30(10-12-37-33)35-13-14-36-32/h4-10,12-14,16-17,23,38H,11,15,18-19H2,1-3H3,(H,37,39). The zero-order valence-corrected chi connectivity index (χ0v) is 23.4. The largest absolute Gasteiger partial charge is 0.496 e. The zero-order chi connectivity index (χ0) is 28.3. The molecule has 1 atom stereocenters. The molecule has 6 rings (SSSR count). The maximum Gasteiger partial charge on any atom is 0.158 e. The molecule has 0 aliphatic carbocycles. The Morgan fingerprint density at radius 3 is 2.51 bits per heavy atom. The van der Waals surface area contributed by atoms with Crippen LogP contribution < -0.4 is 15.4 Å². The first kappa shape index (κ1) is 26.8. The van der Waals surface area contributed by atoms with E-state index >= 15 is 4.39 Å². The first-order valence-electron chi connectivity index (χ1n) is 13.7. The third-order valence-electron chi connectivity index (χ3n) is 7.78. The van der Waals surface area contributed by atoms with Crippen molar-refractivity contribution >= 4 is 22.5 Å². The lowest BCUT2D eigenvalue weighted by atomic mass is 9.90. The molecule has 0 saturated carbocycles. The minimum atomic E-state index is -0.288. The monoisotopic (exact) mass is 549 g/mol. The second-order valence-electron chi connectivity index (χ2n) is 10.2. The number of hydrogen-bond donors (Lipinski definition) is 2. The van der Waals surface area contributed by atoms with Gasteiger partial charge in [0, 0.05) is 49.0 Å². The highest BCUT2D eigenvalue weighted by Gasteiger charge is 2.20. The number of benzene rings is 3. The van der Waals surface area contributed by atoms with Crippen LogP contribution in [0.2, 0.25) is 0 Å². The van der Waals surface area contributed by atoms with Gasteiger partial charge in [0.2, 0.25) is 0 Å². The summed E-state index contributed by atoms with van der Waals surface area (Å²) in [5.74, 6) is 0.895. The fourth-order valence-corrected chi connectivity index (χ4v) is 5.48. The Hall–Kier alpha value is -4.40. The highest BCUT2D eigenvalue weighted by Crippen LogP contribution is 2.38. The van der Waals surface area contributed by atoms with Gasteiger partial charge < -0.3 is 20.1 Å². The highest BCUT2D eigenvalue weighted by molar-refractivity contribution is 5.89. The zero-order valence-electron chi connectivity index (χ0n) is 23.4. The van der Waals surface area contributed by atoms with Gasteiger partial charge in [-0.15, -0.1) is 0 Å². The van der Waals surface area contributed by atoms with Crippen LogP contribution in [0, 0.1) is 19.7 Å². The summed E-state index contributed by atoms with van der Waals surface area (Å²) in [7, 11) is 1.59. The van der Waals surface area contributed by atoms with Crippen LogP contribution in [0.1, 0.15) is 23.1 Å². The second kappa shape index (κ2) is 11.6. The van der Waals surface area contributed by atoms with Gasteiger partial charge in [0.15, 0.2) is 5.82 Å². The number of pyridine rings is 1. The lowest BCUT2D eigenvalue weighted by molar-refractivity contribution is 0.189. The summed E-state index contributed by atoms with van der Waals surface area (Å²) >= 11 is 0. The van der Waals surface area contributed by atoms with Gasteiger partial charge in [0.25, 0.3) is 0 Å². The molecule has 1 aliphatic rings. The van der Waals surface area contributed by atoms with Crippen LogP contribution in [-0.2, 0) is 11.3 Å². The van der Waals surface area contributed by atoms with Crippen molar-refractivity contribution in [2.24, 2.45) is 0 Å². The number of aromatic nitrogens is 3. The molecule has 2 N–H and O–H groups in total. The quantitative estimate of drug-likeness (QED) is 0.222. The molecule has 1 unspecified atom stereocenters. The lowest BCUT2D eigenvalue weighted by Crippen LogP contribution is -2.29. The topological polar surface area (TPSA) is 81.2 Å². The van der Waals surface area contributed by atoms with E-state index in [2.05, 4.69) is 51.6 Å². The van der Waals surface area contributed by atoms with Crippen LogP contribution in [0.5, 0.6) is 5.75 Å². The van der Waals surface area contributed by atoms with Gasteiger partial charge in [0.05, 0.1) is 19.2 Å². The molecule has 0 amide bonds. The molecule has 0 spiro atoms. The van der Waals surface area contributed by atoms with E-state index in [1.807, 2.05) is 36.4 Å². The van der Waals surface area contributed by atoms with E-state index in [1.165, 1.54) is 0 Å². The van der Waals surface area contributed by atoms with E-state index in [1.54, 1.807) is 31.8 Å². The van der Waals surface area contributed by atoms with Crippen molar-refractivity contribution < 1.29 is 13.9 Å². The van der Waals surface area contributed by atoms with Gasteiger partial charge in [-0.3, -0.25) is 4.98 Å². The van der Waals surface area contributed by atoms with Gasteiger partial charge >= 0.3 is 0 Å². The number of fused-ring (bicyclic) bond motifs is 1. The Balaban J connectivity index is 1.33. The SMILES string of the molecule is COc1cc(-c2cccc(-c3cccc(Nc4nccc5nccnc45)c3C)c2C)cc(F)c1CNC1CCOC1. The van der Waals surface area contributed by atoms with Crippen molar-refractivity contribution in [3.8, 4) is 28.0 Å². The molecule has 1 fully saturated rings. The molecule has 5 aromatic rings. The van der Waals surface area contributed by atoms with Gasteiger partial charge in [-0.1, -0.05) is 30.3 Å². The van der Waals surface area contributed by atoms with E-state index in [0.717, 1.165) is 57.6 Å². The minimum absolute atomic E-state index is 0.232. The van der Waals surface area contributed by atoms with E-state index in [9.17, 15) is 0 Å². The molecule has 41 heavy (non-hydrogen) atoms. The molecule has 8 heteroatoms. The number of hydrogen-bond acceptors (Lipinski definition) is 7. The number of nitrogens with one attached hydrogen (secondary N) is 2. The summed E-state index contributed by atoms with van der Waals surface area (Å²) in [6.07, 6.45) is 5.99. The summed E-state index contributed by atoms with van der Waals surface area (Å²) in [5, 5.41) is 6.85. The number of ether oxygens (including phenoxy) is 2. The summed E-state index contributed by atoms with van der Waals surface area (Å²) in [5.41, 5.74) is 8.93. The molecule has 2 aromatic heterocycles. The van der Waals surface area contributed by atoms with Crippen molar-refractivity contribution in [3.63, 3.8) is 0 Å². The fourth-order valence-electron chi connectivity index (χ4n) is 5.48. The van der Waals surface area contributed by atoms with Gasteiger partial charge in [-0.2, -0.15) is 0 Å². The summed E-state index contributed by atoms with van der Waals surface area (Å²) in [6.45, 7) is 5.93. The highest BCUT2D eigenvalue weighted by atomic mass is 19.1. The Kier molecular flexibility index (Phi) is 7.59. The molecule has 3 heterocycles. The Bertz CT molecular complexity index is 1710. The van der Waals surface area contributed by atoms with Crippen LogP contribution in [0.15, 0.2) is 73.2 Å². The van der Waals surface area contributed by atoms with E-state index in [0.29, 0.717) is 35.8 Å². The van der Waals surface area contributed by atoms with Crippen LogP contribution >= 0.6 is 0 Å². The smallest absolute Gasteiger partial charge is 0.158 e. The first-order valence-corrected chi connectivity index (χ1v) is 13.7. The van der Waals surface area contributed by atoms with E-state index in [4.69, 9.17) is 9.47 Å². The van der Waals surface area contributed by atoms with E-state index < -0.39 is 0 Å². The number of nitrogens with zero attached hydrogens (tertiary/aromatic N) is 3. The number of halogens is 1. The number of methoxy groups -OCH3 is 1. The van der Waals surface area contributed by atoms with Crippen LogP contribution in [-0.4, -0.2) is 41.3 Å². The van der Waals surface area contributed by atoms with Gasteiger partial charge in [-0.25, -0.2) is 14.4 Å². The van der Waals surface area contributed by atoms with Crippen molar-refractivity contribution in [1.82, 2.24) is 20.3 Å². The first-order chi connectivity index (χ1) is 20.0. The van der Waals surface area contributed by atoms with Crippen LogP contribution in [0.25, 0.3) is 33.3 Å². The summed E-state index contributed by atoms with van der Waals surface area (Å²) in [6, 6.07) is 17.9. The molecule has 0 radical (unpaired) electrons. The van der Waals surface area contributed by atoms with Crippen molar-refractivity contribution in [2.45, 2.75) is 32.9 Å². The van der Waals surface area contributed by atoms with Crippen LogP contribution in [0.4, 0.5) is 15.9 Å². The number of rotatable bonds is 8. The Labute approximate surface area is 238 Å². The maximum atomic E-state index is 15.5. The average Bonchev–Trinajstić information content (AvgIpc) is 3.51. The fraction of sp³-hybridized carbons (Fsp3) is 0.242. The molecule has 7 nitrogen and oxygen atoms in total. The van der Waals surface area contributed by atoms with Gasteiger partial charge in [-0.05, 0) is 77.9 Å². The van der Waals surface area contributed by atoms with E-state index in [-0.39, 0.29) is 11.9 Å². The molecule has 1 aliphatic heterocycles. The lowest BCUT2D eigenvalue weighted by Gasteiger charge is -2.19. The Morgan fingerprint density at radius 1 is 0.927 bits per heavy atom. The van der Waals surface area contributed by atoms with Gasteiger partial charge in [0.1, 0.15) is 17.1 Å². The third kappa shape index (κ3) is 5.36. The van der Waals surface area contributed by atoms with Crippen LogP contribution in [0.3, 0.4) is 0 Å². The Morgan fingerprint density at radius 2 is 1.71 bits per heavy atom. The summed E-state index contributed by atoms with van der Waals surface area (Å²) < 4.78 is 26.6. The predicted octanol–water partition coefficient (Wildman–Crippen LogP) is 6.75. The molecule has 0 bridgehead atoms. The molecular weight excluding hydrogens is 517 g/mol. The molecule has 3 aromatic carbocycles. The predicted molar refractivity (Wildman–Crippen MR) is 160 cm³/mol. The minimum Gasteiger partial charge on any atom is -0.496 e. The van der Waals surface area contributed by atoms with Crippen molar-refractivity contribution in [2.75, 3.05) is 25.6 Å². The molecule has 208 valence electrons. The maximum absolute atomic E-state index is 15.5. The van der Waals surface area contributed by atoms with Crippen molar-refractivity contribution in [1.29, 1.82) is 0 Å². The summed E-state index contributed by atoms with van der Waals surface area (Å²) in [4.78, 5) is 13.4. The molecular formula is C33H32FN5O2. The average molecular weight is 550 g/mol. The normalized spacial score (nSPS) is 14.9. The number of anilines is 2. The second-order valence-corrected chi connectivity index (χ2v) is 10.2. The third-order valence-corrected chi connectivity index (χ3v) is 7.78. The van der Waals surface area contributed by atoms with Crippen molar-refractivity contribution in [3.05, 3.63) is 95.7 Å². The molecule has 1 saturated heterocycles.